The van der Waals surface area contributed by atoms with Gasteiger partial charge in [0.25, 0.3) is 12.5 Å². The van der Waals surface area contributed by atoms with Crippen LogP contribution < -0.4 is 9.47 Å². The maximum Gasteiger partial charge on any atom is 0.292 e. The Kier molecular flexibility index (Phi) is 3.85. The zero-order chi connectivity index (χ0) is 11.1. The quantitative estimate of drug-likeness (QED) is 0.568. The molecule has 5 nitrogen and oxygen atoms in total. The minimum Gasteiger partial charge on any atom is -0.388 e. The van der Waals surface area contributed by atoms with E-state index in [0.717, 1.165) is 11.8 Å². The molecular weight excluding hydrogens is 214 g/mol. The van der Waals surface area contributed by atoms with Crippen molar-refractivity contribution in [2.24, 2.45) is 0 Å². The Balaban J connectivity index is 3.06. The summed E-state index contributed by atoms with van der Waals surface area (Å²) in [6.07, 6.45) is 3.01. The van der Waals surface area contributed by atoms with E-state index < -0.39 is 0 Å². The van der Waals surface area contributed by atoms with E-state index in [4.69, 9.17) is 15.8 Å². The minimum atomic E-state index is 0.259. The lowest BCUT2D eigenvalue weighted by Gasteiger charge is -2.02. The van der Waals surface area contributed by atoms with Gasteiger partial charge in [-0.05, 0) is 23.9 Å². The molecule has 0 aliphatic carbocycles. The molecular formula is C9H3N3O2S. The fraction of sp³-hybridized carbons (Fsp3) is 0. The summed E-state index contributed by atoms with van der Waals surface area (Å²) in [4.78, 5) is 0.423. The molecule has 0 fully saturated rings. The molecule has 0 spiro atoms. The van der Waals surface area contributed by atoms with E-state index in [1.54, 1.807) is 0 Å². The summed E-state index contributed by atoms with van der Waals surface area (Å²) in [5, 5.41) is 27.0. The average molecular weight is 217 g/mol. The highest BCUT2D eigenvalue weighted by Gasteiger charge is 2.07. The molecule has 1 aromatic carbocycles. The Morgan fingerprint density at radius 3 is 2.40 bits per heavy atom. The van der Waals surface area contributed by atoms with Gasteiger partial charge >= 0.3 is 0 Å². The van der Waals surface area contributed by atoms with Crippen molar-refractivity contribution in [1.29, 1.82) is 15.8 Å². The molecule has 0 bridgehead atoms. The molecule has 0 aliphatic rings. The predicted octanol–water partition coefficient (Wildman–Crippen LogP) is 1.98. The number of hydrogen-bond acceptors (Lipinski definition) is 6. The van der Waals surface area contributed by atoms with Crippen LogP contribution in [0.2, 0.25) is 0 Å². The molecule has 0 radical (unpaired) electrons. The SMILES string of the molecule is N#COc1ccc(OC#N)c(SC#N)c1. The third kappa shape index (κ3) is 2.80. The van der Waals surface area contributed by atoms with Crippen molar-refractivity contribution in [3.05, 3.63) is 18.2 Å². The smallest absolute Gasteiger partial charge is 0.292 e. The maximum absolute atomic E-state index is 8.50. The van der Waals surface area contributed by atoms with Crippen molar-refractivity contribution in [2.45, 2.75) is 4.90 Å². The van der Waals surface area contributed by atoms with E-state index in [9.17, 15) is 0 Å². The molecule has 0 saturated heterocycles. The Morgan fingerprint density at radius 2 is 1.80 bits per heavy atom. The summed E-state index contributed by atoms with van der Waals surface area (Å²) < 4.78 is 9.19. The van der Waals surface area contributed by atoms with Crippen LogP contribution in [0.3, 0.4) is 0 Å². The number of ether oxygens (including phenoxy) is 2. The standard InChI is InChI=1S/C9H3N3O2S/c10-4-13-7-1-2-8(14-5-11)9(3-7)15-6-12/h1-3H. The van der Waals surface area contributed by atoms with E-state index in [1.165, 1.54) is 30.7 Å². The predicted molar refractivity (Wildman–Crippen MR) is 50.4 cm³/mol. The monoisotopic (exact) mass is 217 g/mol. The van der Waals surface area contributed by atoms with Crippen LogP contribution in [0.15, 0.2) is 23.1 Å². The van der Waals surface area contributed by atoms with Crippen LogP contribution in [0.4, 0.5) is 0 Å². The van der Waals surface area contributed by atoms with E-state index in [-0.39, 0.29) is 5.75 Å². The van der Waals surface area contributed by atoms with Gasteiger partial charge in [-0.25, -0.2) is 0 Å². The Morgan fingerprint density at radius 1 is 1.07 bits per heavy atom. The van der Waals surface area contributed by atoms with Crippen molar-refractivity contribution in [3.8, 4) is 29.4 Å². The summed E-state index contributed by atoms with van der Waals surface area (Å²) in [7, 11) is 0. The first-order valence-electron chi connectivity index (χ1n) is 3.63. The van der Waals surface area contributed by atoms with Gasteiger partial charge < -0.3 is 9.47 Å². The number of nitriles is 3. The first-order chi connectivity index (χ1) is 7.31. The fourth-order valence-electron chi connectivity index (χ4n) is 0.867. The van der Waals surface area contributed by atoms with Crippen molar-refractivity contribution >= 4 is 11.8 Å². The molecule has 1 aromatic rings. The second kappa shape index (κ2) is 5.39. The summed E-state index contributed by atoms with van der Waals surface area (Å²) in [5.74, 6) is 0.551. The second-order valence-corrected chi connectivity index (χ2v) is 3.02. The summed E-state index contributed by atoms with van der Waals surface area (Å²) >= 11 is 0.822. The van der Waals surface area contributed by atoms with E-state index in [1.807, 2.05) is 5.40 Å². The molecule has 0 N–H and O–H groups in total. The molecule has 0 aliphatic heterocycles. The van der Waals surface area contributed by atoms with Gasteiger partial charge in [-0.2, -0.15) is 5.26 Å². The third-order valence-corrected chi connectivity index (χ3v) is 2.02. The highest BCUT2D eigenvalue weighted by Crippen LogP contribution is 2.32. The molecule has 0 atom stereocenters. The van der Waals surface area contributed by atoms with Crippen LogP contribution in [0, 0.1) is 33.7 Å². The third-order valence-electron chi connectivity index (χ3n) is 1.39. The number of thioether (sulfide) groups is 1. The van der Waals surface area contributed by atoms with Crippen LogP contribution in [0.1, 0.15) is 0 Å². The molecule has 1 rings (SSSR count). The Bertz CT molecular complexity index is 482. The van der Waals surface area contributed by atoms with Crippen LogP contribution in [-0.2, 0) is 0 Å². The number of rotatable bonds is 3. The molecule has 0 aromatic heterocycles. The van der Waals surface area contributed by atoms with Crippen molar-refractivity contribution in [1.82, 2.24) is 0 Å². The van der Waals surface area contributed by atoms with Crippen LogP contribution in [0.5, 0.6) is 11.5 Å². The maximum atomic E-state index is 8.50. The second-order valence-electron chi connectivity index (χ2n) is 2.19. The van der Waals surface area contributed by atoms with Gasteiger partial charge in [-0.15, -0.1) is 10.5 Å². The molecule has 6 heteroatoms. The Hall–Kier alpha value is -2.36. The lowest BCUT2D eigenvalue weighted by molar-refractivity contribution is 0.482. The van der Waals surface area contributed by atoms with Crippen molar-refractivity contribution in [2.75, 3.05) is 0 Å². The summed E-state index contributed by atoms with van der Waals surface area (Å²) in [6, 6.07) is 4.37. The van der Waals surface area contributed by atoms with Crippen LogP contribution in [0.25, 0.3) is 0 Å². The van der Waals surface area contributed by atoms with Gasteiger partial charge in [0.1, 0.15) is 11.2 Å². The lowest BCUT2D eigenvalue weighted by Crippen LogP contribution is -1.87. The van der Waals surface area contributed by atoms with E-state index >= 15 is 0 Å². The van der Waals surface area contributed by atoms with Crippen LogP contribution in [-0.4, -0.2) is 0 Å². The molecule has 0 saturated carbocycles. The average Bonchev–Trinajstić information content (AvgIpc) is 2.23. The van der Waals surface area contributed by atoms with Gasteiger partial charge in [0.05, 0.1) is 4.90 Å². The molecule has 72 valence electrons. The van der Waals surface area contributed by atoms with E-state index in [2.05, 4.69) is 9.47 Å². The zero-order valence-corrected chi connectivity index (χ0v) is 8.11. The minimum absolute atomic E-state index is 0.259. The van der Waals surface area contributed by atoms with Crippen molar-refractivity contribution in [3.63, 3.8) is 0 Å². The normalized spacial score (nSPS) is 8.07. The van der Waals surface area contributed by atoms with Gasteiger partial charge in [0.15, 0.2) is 5.75 Å². The summed E-state index contributed by atoms with van der Waals surface area (Å²) in [5.41, 5.74) is 0. The van der Waals surface area contributed by atoms with Gasteiger partial charge in [-0.3, -0.25) is 0 Å². The zero-order valence-electron chi connectivity index (χ0n) is 7.30. The topological polar surface area (TPSA) is 89.8 Å². The number of hydrogen-bond donors (Lipinski definition) is 0. The first-order valence-corrected chi connectivity index (χ1v) is 4.45. The van der Waals surface area contributed by atoms with Crippen molar-refractivity contribution < 1.29 is 9.47 Å². The number of nitrogens with zero attached hydrogens (tertiary/aromatic N) is 3. The molecule has 0 unspecified atom stereocenters. The highest BCUT2D eigenvalue weighted by atomic mass is 32.2. The van der Waals surface area contributed by atoms with Gasteiger partial charge in [0, 0.05) is 6.07 Å². The van der Waals surface area contributed by atoms with E-state index in [0.29, 0.717) is 10.6 Å². The van der Waals surface area contributed by atoms with Gasteiger partial charge in [0.2, 0.25) is 0 Å². The molecule has 15 heavy (non-hydrogen) atoms. The fourth-order valence-corrected chi connectivity index (χ4v) is 1.35. The molecule has 0 heterocycles. The van der Waals surface area contributed by atoms with Crippen LogP contribution >= 0.6 is 11.8 Å². The molecule has 0 amide bonds. The summed E-state index contributed by atoms with van der Waals surface area (Å²) in [6.45, 7) is 0. The largest absolute Gasteiger partial charge is 0.388 e. The van der Waals surface area contributed by atoms with Gasteiger partial charge in [-0.1, -0.05) is 0 Å². The Labute approximate surface area is 90.1 Å². The first kappa shape index (κ1) is 10.7. The lowest BCUT2D eigenvalue weighted by atomic mass is 10.3. The number of benzene rings is 1. The highest BCUT2D eigenvalue weighted by molar-refractivity contribution is 8.03. The number of thiocyanates is 1.